The number of anilines is 6. The average Bonchev–Trinajstić information content (AvgIpc) is 3.68. The Morgan fingerprint density at radius 3 is 1.56 bits per heavy atom. The summed E-state index contributed by atoms with van der Waals surface area (Å²) < 4.78 is 2.82. The van der Waals surface area contributed by atoms with Crippen molar-refractivity contribution in [3.8, 4) is 22.3 Å². The van der Waals surface area contributed by atoms with Crippen molar-refractivity contribution >= 4 is 78.0 Å². The van der Waals surface area contributed by atoms with E-state index in [-0.39, 0.29) is 28.4 Å². The van der Waals surface area contributed by atoms with Crippen LogP contribution in [0.3, 0.4) is 0 Å². The van der Waals surface area contributed by atoms with Gasteiger partial charge >= 0.3 is 0 Å². The third kappa shape index (κ3) is 9.72. The summed E-state index contributed by atoms with van der Waals surface area (Å²) in [5.41, 5.74) is 28.6. The largest absolute Gasteiger partial charge is 0.311 e. The zero-order valence-electron chi connectivity index (χ0n) is 50.7. The highest BCUT2D eigenvalue weighted by Gasteiger charge is 2.47. The van der Waals surface area contributed by atoms with Crippen molar-refractivity contribution in [2.75, 3.05) is 9.80 Å². The lowest BCUT2D eigenvalue weighted by molar-refractivity contribution is 0.443. The highest BCUT2D eigenvalue weighted by atomic mass is 32.1. The summed E-state index contributed by atoms with van der Waals surface area (Å²) in [6, 6.07) is 50.0. The Balaban J connectivity index is 1.17. The number of fused-ring (bicyclic) bond motifs is 6. The number of benzene rings is 7. The number of thiophene rings is 1. The van der Waals surface area contributed by atoms with E-state index in [1.807, 2.05) is 11.3 Å². The lowest BCUT2D eigenvalue weighted by Crippen LogP contribution is -2.60. The van der Waals surface area contributed by atoms with Crippen LogP contribution >= 0.6 is 11.3 Å². The highest BCUT2D eigenvalue weighted by molar-refractivity contribution is 7.33. The van der Waals surface area contributed by atoms with Crippen LogP contribution in [0.1, 0.15) is 209 Å². The standard InChI is InChI=1S/C75H87BN2S/c1-46-36-47(2)68(48(3)37-46)60-40-52(49-22-18-16-19-23-49)28-33-63(60)78-66-42-54(50-24-20-17-21-25-50)41-65-69(66)76(71-70(78)61-44-55(72(4,5)6)30-35-67(61)79-71)62-45-56(73(7,8)9)29-34-64(62)77(65)59-31-26-51(27-32-59)53-38-57(74(10,11)12)43-58(39-53)75(13,14)15/h26-45,49-50H,16-25H2,1-15H3. The molecule has 0 radical (unpaired) electrons. The van der Waals surface area contributed by atoms with Crippen molar-refractivity contribution in [3.05, 3.63) is 171 Å². The Kier molecular flexibility index (Phi) is 13.4. The SMILES string of the molecule is Cc1cc(C)c(-c2cc(C3CCCCC3)ccc2N2c3cc(C4CCCCC4)cc4c3B(c3cc(C(C)(C)C)ccc3N4c3ccc(-c4cc(C(C)(C)C)cc(C(C)(C)C)c4)cc3)c3sc4ccc(C(C)(C)C)cc4c32)c(C)c1. The molecule has 2 fully saturated rings. The van der Waals surface area contributed by atoms with Gasteiger partial charge in [0, 0.05) is 43.2 Å². The summed E-state index contributed by atoms with van der Waals surface area (Å²) in [4.78, 5) is 5.52. The van der Waals surface area contributed by atoms with Crippen LogP contribution in [-0.2, 0) is 21.7 Å². The molecule has 2 nitrogen and oxygen atoms in total. The van der Waals surface area contributed by atoms with E-state index in [0.717, 1.165) is 0 Å². The van der Waals surface area contributed by atoms with Crippen LogP contribution in [-0.4, -0.2) is 6.71 Å². The summed E-state index contributed by atoms with van der Waals surface area (Å²) in [5.74, 6) is 1.09. The molecule has 0 amide bonds. The van der Waals surface area contributed by atoms with Gasteiger partial charge in [-0.25, -0.2) is 0 Å². The van der Waals surface area contributed by atoms with E-state index in [2.05, 4.69) is 235 Å². The number of hydrogen-bond donors (Lipinski definition) is 0. The predicted molar refractivity (Wildman–Crippen MR) is 347 cm³/mol. The molecule has 406 valence electrons. The van der Waals surface area contributed by atoms with Crippen LogP contribution in [0.2, 0.25) is 0 Å². The second kappa shape index (κ2) is 19.7. The van der Waals surface area contributed by atoms with E-state index in [1.165, 1.54) is 196 Å². The molecule has 79 heavy (non-hydrogen) atoms. The Bertz CT molecular complexity index is 3600. The van der Waals surface area contributed by atoms with Gasteiger partial charge in [-0.05, 0) is 207 Å². The maximum atomic E-state index is 2.83. The molecule has 2 aliphatic heterocycles. The van der Waals surface area contributed by atoms with E-state index in [0.29, 0.717) is 11.8 Å². The quantitative estimate of drug-likeness (QED) is 0.153. The highest BCUT2D eigenvalue weighted by Crippen LogP contribution is 2.53. The zero-order chi connectivity index (χ0) is 55.7. The van der Waals surface area contributed by atoms with Gasteiger partial charge in [-0.1, -0.05) is 194 Å². The summed E-state index contributed by atoms with van der Waals surface area (Å²) in [6.45, 7) is 35.4. The van der Waals surface area contributed by atoms with Crippen LogP contribution in [0, 0.1) is 20.8 Å². The van der Waals surface area contributed by atoms with Crippen molar-refractivity contribution in [2.45, 2.75) is 202 Å². The van der Waals surface area contributed by atoms with Gasteiger partial charge in [-0.2, -0.15) is 0 Å². The molecule has 0 saturated heterocycles. The smallest absolute Gasteiger partial charge is 0.264 e. The molecule has 0 unspecified atom stereocenters. The van der Waals surface area contributed by atoms with Gasteiger partial charge < -0.3 is 9.80 Å². The van der Waals surface area contributed by atoms with E-state index in [1.54, 1.807) is 0 Å². The monoisotopic (exact) mass is 1060 g/mol. The summed E-state index contributed by atoms with van der Waals surface area (Å²) in [6.07, 6.45) is 12.9. The Hall–Kier alpha value is -5.84. The Labute approximate surface area is 480 Å². The molecule has 4 heteroatoms. The molecule has 0 spiro atoms. The minimum atomic E-state index is -0.0347. The first-order chi connectivity index (χ1) is 37.4. The number of nitrogens with zero attached hydrogens (tertiary/aromatic N) is 2. The first kappa shape index (κ1) is 53.8. The molecule has 2 saturated carbocycles. The number of hydrogen-bond acceptors (Lipinski definition) is 3. The van der Waals surface area contributed by atoms with Crippen LogP contribution in [0.5, 0.6) is 0 Å². The van der Waals surface area contributed by atoms with Crippen LogP contribution < -0.4 is 25.5 Å². The molecule has 0 atom stereocenters. The molecular weight excluding hydrogens is 972 g/mol. The molecule has 8 aromatic rings. The van der Waals surface area contributed by atoms with Gasteiger partial charge in [0.1, 0.15) is 0 Å². The van der Waals surface area contributed by atoms with Gasteiger partial charge in [0.15, 0.2) is 0 Å². The van der Waals surface area contributed by atoms with Gasteiger partial charge in [0.05, 0.1) is 11.4 Å². The molecule has 2 aliphatic carbocycles. The minimum absolute atomic E-state index is 0.00989. The molecule has 12 rings (SSSR count). The van der Waals surface area contributed by atoms with E-state index in [9.17, 15) is 0 Å². The van der Waals surface area contributed by atoms with E-state index >= 15 is 0 Å². The van der Waals surface area contributed by atoms with Crippen molar-refractivity contribution < 1.29 is 0 Å². The van der Waals surface area contributed by atoms with Gasteiger partial charge in [-0.3, -0.25) is 0 Å². The van der Waals surface area contributed by atoms with E-state index < -0.39 is 0 Å². The fourth-order valence-electron chi connectivity index (χ4n) is 14.3. The van der Waals surface area contributed by atoms with Crippen molar-refractivity contribution in [2.24, 2.45) is 0 Å². The molecule has 4 aliphatic rings. The third-order valence-electron chi connectivity index (χ3n) is 18.9. The molecule has 0 N–H and O–H groups in total. The fourth-order valence-corrected chi connectivity index (χ4v) is 15.6. The minimum Gasteiger partial charge on any atom is -0.311 e. The van der Waals surface area contributed by atoms with Crippen LogP contribution in [0.4, 0.5) is 34.1 Å². The summed E-state index contributed by atoms with van der Waals surface area (Å²) in [5, 5.41) is 1.37. The topological polar surface area (TPSA) is 6.48 Å². The first-order valence-corrected chi connectivity index (χ1v) is 31.2. The van der Waals surface area contributed by atoms with Crippen molar-refractivity contribution in [3.63, 3.8) is 0 Å². The van der Waals surface area contributed by atoms with Gasteiger partial charge in [0.25, 0.3) is 6.71 Å². The van der Waals surface area contributed by atoms with Gasteiger partial charge in [0.2, 0.25) is 0 Å². The predicted octanol–water partition coefficient (Wildman–Crippen LogP) is 20.5. The first-order valence-electron chi connectivity index (χ1n) is 30.4. The lowest BCUT2D eigenvalue weighted by Gasteiger charge is -2.45. The molecule has 0 bridgehead atoms. The van der Waals surface area contributed by atoms with Crippen molar-refractivity contribution in [1.82, 2.24) is 0 Å². The maximum absolute atomic E-state index is 2.83. The summed E-state index contributed by atoms with van der Waals surface area (Å²) in [7, 11) is 0. The van der Waals surface area contributed by atoms with Crippen molar-refractivity contribution in [1.29, 1.82) is 0 Å². The third-order valence-corrected chi connectivity index (χ3v) is 20.1. The molecule has 7 aromatic carbocycles. The van der Waals surface area contributed by atoms with Gasteiger partial charge in [-0.15, -0.1) is 11.3 Å². The molecular formula is C75H87BN2S. The normalized spacial score (nSPS) is 16.4. The average molecular weight is 1060 g/mol. The molecule has 1 aromatic heterocycles. The zero-order valence-corrected chi connectivity index (χ0v) is 51.5. The Morgan fingerprint density at radius 2 is 0.975 bits per heavy atom. The van der Waals surface area contributed by atoms with Crippen LogP contribution in [0.15, 0.2) is 121 Å². The second-order valence-corrected chi connectivity index (χ2v) is 30.0. The number of aryl methyl sites for hydroxylation is 3. The molecule has 3 heterocycles. The Morgan fingerprint density at radius 1 is 0.443 bits per heavy atom. The lowest BCUT2D eigenvalue weighted by atomic mass is 9.36. The number of rotatable bonds is 6. The maximum Gasteiger partial charge on any atom is 0.264 e. The van der Waals surface area contributed by atoms with E-state index in [4.69, 9.17) is 0 Å². The summed E-state index contributed by atoms with van der Waals surface area (Å²) >= 11 is 2.04. The second-order valence-electron chi connectivity index (χ2n) is 28.9. The van der Waals surface area contributed by atoms with Crippen LogP contribution in [0.25, 0.3) is 32.3 Å². The fraction of sp³-hybridized carbons (Fsp3) is 0.413.